The zero-order chi connectivity index (χ0) is 15.3. The molecule has 0 radical (unpaired) electrons. The molecule has 0 aromatic heterocycles. The van der Waals surface area contributed by atoms with E-state index in [-0.39, 0.29) is 11.5 Å². The highest BCUT2D eigenvalue weighted by Crippen LogP contribution is 2.50. The average Bonchev–Trinajstić information content (AvgIpc) is 2.38. The predicted molar refractivity (Wildman–Crippen MR) is 74.4 cm³/mol. The van der Waals surface area contributed by atoms with Crippen LogP contribution >= 0.6 is 7.82 Å². The Morgan fingerprint density at radius 3 is 1.52 bits per heavy atom. The first kappa shape index (κ1) is 15.5. The number of phosphoric ester groups is 1. The van der Waals surface area contributed by atoms with Gasteiger partial charge in [0.1, 0.15) is 11.5 Å². The Labute approximate surface area is 121 Å². The fraction of sp³-hybridized carbons (Fsp3) is 0. The van der Waals surface area contributed by atoms with Gasteiger partial charge in [-0.15, -0.1) is 3.97 Å². The summed E-state index contributed by atoms with van der Waals surface area (Å²) in [4.78, 5) is 0. The highest BCUT2D eigenvalue weighted by atomic mass is 32.3. The Morgan fingerprint density at radius 2 is 1.19 bits per heavy atom. The molecule has 0 fully saturated rings. The number of para-hydroxylation sites is 2. The van der Waals surface area contributed by atoms with Gasteiger partial charge in [-0.2, -0.15) is 8.42 Å². The smallest absolute Gasteiger partial charge is 0.394 e. The van der Waals surface area contributed by atoms with Crippen molar-refractivity contribution in [1.29, 1.82) is 0 Å². The molecule has 0 heterocycles. The van der Waals surface area contributed by atoms with Crippen LogP contribution in [0.25, 0.3) is 0 Å². The Balaban J connectivity index is 2.28. The Hall–Kier alpha value is -1.86. The van der Waals surface area contributed by atoms with E-state index in [1.54, 1.807) is 36.4 Å². The molecule has 0 aliphatic rings. The summed E-state index contributed by atoms with van der Waals surface area (Å²) < 4.78 is 56.7. The first-order valence-corrected chi connectivity index (χ1v) is 8.47. The standard InChI is InChI=1S/C12H11O7PS/c13-20(19-21(14,15)16,17-11-7-3-1-4-8-11)18-12-9-5-2-6-10-12/h1-10H,(H,14,15,16). The Kier molecular flexibility index (Phi) is 4.64. The number of phosphoric acid groups is 1. The van der Waals surface area contributed by atoms with Gasteiger partial charge in [0.15, 0.2) is 0 Å². The molecule has 0 bridgehead atoms. The zero-order valence-corrected chi connectivity index (χ0v) is 12.2. The Morgan fingerprint density at radius 1 is 0.810 bits per heavy atom. The van der Waals surface area contributed by atoms with Crippen molar-refractivity contribution in [2.24, 2.45) is 0 Å². The van der Waals surface area contributed by atoms with Crippen molar-refractivity contribution < 1.29 is 30.6 Å². The molecule has 9 heteroatoms. The molecule has 2 aromatic rings. The van der Waals surface area contributed by atoms with E-state index in [4.69, 9.17) is 13.6 Å². The summed E-state index contributed by atoms with van der Waals surface area (Å²) in [7, 11) is -9.66. The minimum atomic E-state index is -5.04. The lowest BCUT2D eigenvalue weighted by Gasteiger charge is -2.16. The third-order valence-corrected chi connectivity index (χ3v) is 4.46. The number of hydrogen-bond donors (Lipinski definition) is 1. The van der Waals surface area contributed by atoms with Crippen LogP contribution in [-0.4, -0.2) is 13.0 Å². The van der Waals surface area contributed by atoms with Gasteiger partial charge in [0.2, 0.25) is 0 Å². The van der Waals surface area contributed by atoms with Crippen LogP contribution in [0.5, 0.6) is 11.5 Å². The minimum absolute atomic E-state index is 0.0559. The maximum absolute atomic E-state index is 12.4. The average molecular weight is 330 g/mol. The lowest BCUT2D eigenvalue weighted by Crippen LogP contribution is -2.10. The summed E-state index contributed by atoms with van der Waals surface area (Å²) in [5.74, 6) is 0.112. The third-order valence-electron chi connectivity index (χ3n) is 2.11. The summed E-state index contributed by atoms with van der Waals surface area (Å²) in [6.45, 7) is 0. The van der Waals surface area contributed by atoms with Crippen LogP contribution < -0.4 is 9.05 Å². The van der Waals surface area contributed by atoms with E-state index >= 15 is 0 Å². The molecule has 7 nitrogen and oxygen atoms in total. The van der Waals surface area contributed by atoms with E-state index in [0.717, 1.165) is 0 Å². The normalized spacial score (nSPS) is 11.9. The molecule has 0 spiro atoms. The van der Waals surface area contributed by atoms with Gasteiger partial charge in [0, 0.05) is 0 Å². The molecule has 0 amide bonds. The first-order chi connectivity index (χ1) is 9.86. The fourth-order valence-corrected chi connectivity index (χ4v) is 3.35. The molecule has 1 N–H and O–H groups in total. The van der Waals surface area contributed by atoms with Crippen LogP contribution in [0.2, 0.25) is 0 Å². The molecule has 0 aliphatic carbocycles. The molecule has 112 valence electrons. The van der Waals surface area contributed by atoms with Crippen LogP contribution in [0, 0.1) is 0 Å². The minimum Gasteiger partial charge on any atom is -0.394 e. The second-order valence-corrected chi connectivity index (χ2v) is 6.47. The molecule has 0 aliphatic heterocycles. The number of rotatable bonds is 6. The van der Waals surface area contributed by atoms with E-state index in [9.17, 15) is 13.0 Å². The van der Waals surface area contributed by atoms with Crippen molar-refractivity contribution in [3.05, 3.63) is 60.7 Å². The first-order valence-electron chi connectivity index (χ1n) is 5.64. The van der Waals surface area contributed by atoms with Crippen LogP contribution in [0.4, 0.5) is 0 Å². The monoisotopic (exact) mass is 330 g/mol. The quantitative estimate of drug-likeness (QED) is 0.642. The van der Waals surface area contributed by atoms with Crippen molar-refractivity contribution in [2.45, 2.75) is 0 Å². The summed E-state index contributed by atoms with van der Waals surface area (Å²) in [5, 5.41) is 0. The van der Waals surface area contributed by atoms with Crippen molar-refractivity contribution in [2.75, 3.05) is 0 Å². The zero-order valence-electron chi connectivity index (χ0n) is 10.5. The van der Waals surface area contributed by atoms with Gasteiger partial charge < -0.3 is 9.05 Å². The third kappa shape index (κ3) is 5.20. The van der Waals surface area contributed by atoms with Gasteiger partial charge in [-0.05, 0) is 24.3 Å². The predicted octanol–water partition coefficient (Wildman–Crippen LogP) is 3.07. The second kappa shape index (κ2) is 6.28. The van der Waals surface area contributed by atoms with Crippen LogP contribution in [0.15, 0.2) is 60.7 Å². The van der Waals surface area contributed by atoms with E-state index in [0.29, 0.717) is 0 Å². The molecule has 0 saturated carbocycles. The van der Waals surface area contributed by atoms with Gasteiger partial charge in [0.05, 0.1) is 0 Å². The molecule has 0 saturated heterocycles. The SMILES string of the molecule is O=P(Oc1ccccc1)(Oc1ccccc1)OS(=O)(=O)O. The van der Waals surface area contributed by atoms with E-state index < -0.39 is 18.2 Å². The van der Waals surface area contributed by atoms with Crippen molar-refractivity contribution in [3.8, 4) is 11.5 Å². The highest BCUT2D eigenvalue weighted by molar-refractivity contribution is 7.85. The van der Waals surface area contributed by atoms with Gasteiger partial charge >= 0.3 is 18.2 Å². The maximum atomic E-state index is 12.4. The molecular weight excluding hydrogens is 319 g/mol. The lowest BCUT2D eigenvalue weighted by atomic mass is 10.3. The maximum Gasteiger partial charge on any atom is 0.604 e. The van der Waals surface area contributed by atoms with Crippen LogP contribution in [0.1, 0.15) is 0 Å². The van der Waals surface area contributed by atoms with Crippen LogP contribution in [0.3, 0.4) is 0 Å². The van der Waals surface area contributed by atoms with Crippen LogP contribution in [-0.2, 0) is 18.9 Å². The summed E-state index contributed by atoms with van der Waals surface area (Å²) >= 11 is 0. The summed E-state index contributed by atoms with van der Waals surface area (Å²) in [6, 6.07) is 15.4. The molecule has 2 rings (SSSR count). The second-order valence-electron chi connectivity index (χ2n) is 3.76. The molecule has 0 unspecified atom stereocenters. The van der Waals surface area contributed by atoms with Crippen molar-refractivity contribution >= 4 is 18.2 Å². The molecule has 2 aromatic carbocycles. The van der Waals surface area contributed by atoms with Gasteiger partial charge in [-0.3, -0.25) is 4.55 Å². The van der Waals surface area contributed by atoms with Gasteiger partial charge in [-0.25, -0.2) is 4.57 Å². The van der Waals surface area contributed by atoms with Gasteiger partial charge in [0.25, 0.3) is 0 Å². The van der Waals surface area contributed by atoms with E-state index in [1.165, 1.54) is 24.3 Å². The number of benzene rings is 2. The largest absolute Gasteiger partial charge is 0.604 e. The molecule has 0 atom stereocenters. The van der Waals surface area contributed by atoms with E-state index in [1.807, 2.05) is 0 Å². The van der Waals surface area contributed by atoms with Gasteiger partial charge in [-0.1, -0.05) is 36.4 Å². The molecular formula is C12H11O7PS. The summed E-state index contributed by atoms with van der Waals surface area (Å²) in [6.07, 6.45) is 0. The molecule has 21 heavy (non-hydrogen) atoms. The topological polar surface area (TPSA) is 99.1 Å². The highest BCUT2D eigenvalue weighted by Gasteiger charge is 2.37. The fourth-order valence-electron chi connectivity index (χ4n) is 1.39. The lowest BCUT2D eigenvalue weighted by molar-refractivity contribution is 0.281. The van der Waals surface area contributed by atoms with Crippen molar-refractivity contribution in [3.63, 3.8) is 0 Å². The Bertz CT molecular complexity index is 685. The summed E-state index contributed by atoms with van der Waals surface area (Å²) in [5.41, 5.74) is 0. The van der Waals surface area contributed by atoms with Crippen molar-refractivity contribution in [1.82, 2.24) is 0 Å². The van der Waals surface area contributed by atoms with E-state index in [2.05, 4.69) is 3.97 Å². The number of hydrogen-bond acceptors (Lipinski definition) is 6.